The number of aromatic hydroxyl groups is 2. The first-order valence-corrected chi connectivity index (χ1v) is 3.77. The van der Waals surface area contributed by atoms with Crippen LogP contribution in [0.1, 0.15) is 0 Å². The van der Waals surface area contributed by atoms with Crippen LogP contribution >= 0.6 is 23.2 Å². The van der Waals surface area contributed by atoms with Gasteiger partial charge >= 0.3 is 0 Å². The number of benzene rings is 1. The second-order valence-electron chi connectivity index (χ2n) is 2.07. The minimum Gasteiger partial charge on any atom is -0.506 e. The maximum absolute atomic E-state index is 9.25. The van der Waals surface area contributed by atoms with Crippen molar-refractivity contribution in [2.45, 2.75) is 0 Å². The normalized spacial score (nSPS) is 9.92. The molecule has 0 saturated heterocycles. The molecule has 1 rings (SSSR count). The monoisotopic (exact) mass is 208 g/mol. The number of halogens is 2. The van der Waals surface area contributed by atoms with Crippen molar-refractivity contribution in [3.05, 3.63) is 16.1 Å². The highest BCUT2D eigenvalue weighted by atomic mass is 35.5. The van der Waals surface area contributed by atoms with E-state index in [4.69, 9.17) is 33.0 Å². The largest absolute Gasteiger partial charge is 0.506 e. The molecule has 66 valence electrons. The van der Waals surface area contributed by atoms with Crippen molar-refractivity contribution in [3.8, 4) is 17.2 Å². The average Bonchev–Trinajstić information content (AvgIpc) is 2.02. The molecule has 0 aliphatic rings. The van der Waals surface area contributed by atoms with Gasteiger partial charge in [0, 0.05) is 6.07 Å². The molecule has 0 aliphatic heterocycles. The third-order valence-electron chi connectivity index (χ3n) is 1.33. The smallest absolute Gasteiger partial charge is 0.184 e. The number of methoxy groups -OCH3 is 1. The van der Waals surface area contributed by atoms with Crippen LogP contribution in [0.3, 0.4) is 0 Å². The Morgan fingerprint density at radius 1 is 1.33 bits per heavy atom. The lowest BCUT2D eigenvalue weighted by molar-refractivity contribution is 0.369. The standard InChI is InChI=1S/C7H6Cl2O3/c1-12-7-5(9)4(10)2-3(8)6(7)11/h2,10-11H,1H3. The van der Waals surface area contributed by atoms with Gasteiger partial charge in [-0.25, -0.2) is 0 Å². The van der Waals surface area contributed by atoms with Crippen LogP contribution in [0.15, 0.2) is 6.07 Å². The van der Waals surface area contributed by atoms with Crippen molar-refractivity contribution in [3.63, 3.8) is 0 Å². The first kappa shape index (κ1) is 9.29. The van der Waals surface area contributed by atoms with Crippen molar-refractivity contribution < 1.29 is 14.9 Å². The van der Waals surface area contributed by atoms with Crippen molar-refractivity contribution in [2.24, 2.45) is 0 Å². The highest BCUT2D eigenvalue weighted by Crippen LogP contribution is 2.44. The first-order valence-electron chi connectivity index (χ1n) is 3.01. The zero-order valence-electron chi connectivity index (χ0n) is 6.14. The summed E-state index contributed by atoms with van der Waals surface area (Å²) in [4.78, 5) is 0. The molecule has 0 spiro atoms. The van der Waals surface area contributed by atoms with E-state index in [1.54, 1.807) is 0 Å². The van der Waals surface area contributed by atoms with Gasteiger partial charge in [0.2, 0.25) is 0 Å². The summed E-state index contributed by atoms with van der Waals surface area (Å²) in [6.07, 6.45) is 0. The van der Waals surface area contributed by atoms with Crippen molar-refractivity contribution in [1.82, 2.24) is 0 Å². The van der Waals surface area contributed by atoms with E-state index in [1.165, 1.54) is 7.11 Å². The van der Waals surface area contributed by atoms with E-state index >= 15 is 0 Å². The zero-order chi connectivity index (χ0) is 9.30. The van der Waals surface area contributed by atoms with Crippen molar-refractivity contribution in [1.29, 1.82) is 0 Å². The third kappa shape index (κ3) is 1.38. The number of phenolic OH excluding ortho intramolecular Hbond substituents is 2. The molecule has 3 nitrogen and oxygen atoms in total. The second kappa shape index (κ2) is 3.29. The van der Waals surface area contributed by atoms with Crippen LogP contribution in [-0.2, 0) is 0 Å². The molecule has 2 N–H and O–H groups in total. The maximum Gasteiger partial charge on any atom is 0.184 e. The van der Waals surface area contributed by atoms with Crippen LogP contribution in [-0.4, -0.2) is 17.3 Å². The number of hydrogen-bond acceptors (Lipinski definition) is 3. The number of rotatable bonds is 1. The van der Waals surface area contributed by atoms with E-state index in [1.807, 2.05) is 0 Å². The van der Waals surface area contributed by atoms with Gasteiger partial charge in [-0.1, -0.05) is 23.2 Å². The van der Waals surface area contributed by atoms with Gasteiger partial charge in [0.1, 0.15) is 10.8 Å². The van der Waals surface area contributed by atoms with E-state index < -0.39 is 0 Å². The highest BCUT2D eigenvalue weighted by molar-refractivity contribution is 6.36. The summed E-state index contributed by atoms with van der Waals surface area (Å²) >= 11 is 11.1. The molecule has 0 unspecified atom stereocenters. The lowest BCUT2D eigenvalue weighted by atomic mass is 10.3. The maximum atomic E-state index is 9.25. The van der Waals surface area contributed by atoms with E-state index in [9.17, 15) is 5.11 Å². The van der Waals surface area contributed by atoms with Gasteiger partial charge in [-0.05, 0) is 0 Å². The Hall–Kier alpha value is -0.800. The SMILES string of the molecule is COc1c(O)c(Cl)cc(O)c1Cl. The molecule has 0 amide bonds. The van der Waals surface area contributed by atoms with Crippen molar-refractivity contribution in [2.75, 3.05) is 7.11 Å². The topological polar surface area (TPSA) is 49.7 Å². The van der Waals surface area contributed by atoms with E-state index in [-0.39, 0.29) is 27.3 Å². The first-order chi connectivity index (χ1) is 5.57. The molecule has 12 heavy (non-hydrogen) atoms. The predicted molar refractivity (Wildman–Crippen MR) is 46.3 cm³/mol. The number of phenols is 2. The Bertz CT molecular complexity index is 286. The number of hydrogen-bond donors (Lipinski definition) is 2. The van der Waals surface area contributed by atoms with E-state index in [0.717, 1.165) is 6.07 Å². The molecule has 1 aromatic rings. The molecular formula is C7H6Cl2O3. The zero-order valence-corrected chi connectivity index (χ0v) is 7.65. The van der Waals surface area contributed by atoms with Gasteiger partial charge < -0.3 is 14.9 Å². The minimum absolute atomic E-state index is 0.00579. The highest BCUT2D eigenvalue weighted by Gasteiger charge is 2.15. The van der Waals surface area contributed by atoms with Crippen LogP contribution in [0.2, 0.25) is 10.0 Å². The van der Waals surface area contributed by atoms with E-state index in [0.29, 0.717) is 0 Å². The molecule has 0 heterocycles. The summed E-state index contributed by atoms with van der Waals surface area (Å²) in [6, 6.07) is 1.14. The summed E-state index contributed by atoms with van der Waals surface area (Å²) in [5.74, 6) is -0.528. The molecule has 0 atom stereocenters. The van der Waals surface area contributed by atoms with Crippen molar-refractivity contribution >= 4 is 23.2 Å². The molecule has 5 heteroatoms. The van der Waals surface area contributed by atoms with Crippen LogP contribution in [0.4, 0.5) is 0 Å². The summed E-state index contributed by atoms with van der Waals surface area (Å²) in [5.41, 5.74) is 0. The van der Waals surface area contributed by atoms with Crippen LogP contribution in [0.5, 0.6) is 17.2 Å². The van der Waals surface area contributed by atoms with Gasteiger partial charge in [0.25, 0.3) is 0 Å². The summed E-state index contributed by atoms with van der Waals surface area (Å²) < 4.78 is 4.71. The minimum atomic E-state index is -0.276. The predicted octanol–water partition coefficient (Wildman–Crippen LogP) is 2.41. The van der Waals surface area contributed by atoms with Gasteiger partial charge in [-0.3, -0.25) is 0 Å². The third-order valence-corrected chi connectivity index (χ3v) is 1.99. The Labute approximate surface area is 79.1 Å². The fourth-order valence-electron chi connectivity index (χ4n) is 0.767. The Morgan fingerprint density at radius 2 is 1.92 bits per heavy atom. The molecule has 0 radical (unpaired) electrons. The van der Waals surface area contributed by atoms with E-state index in [2.05, 4.69) is 0 Å². The van der Waals surface area contributed by atoms with Gasteiger partial charge in [0.05, 0.1) is 12.1 Å². The van der Waals surface area contributed by atoms with Crippen LogP contribution in [0, 0.1) is 0 Å². The van der Waals surface area contributed by atoms with Gasteiger partial charge in [-0.2, -0.15) is 0 Å². The lowest BCUT2D eigenvalue weighted by Crippen LogP contribution is -1.86. The lowest BCUT2D eigenvalue weighted by Gasteiger charge is -2.07. The molecule has 1 aromatic carbocycles. The second-order valence-corrected chi connectivity index (χ2v) is 2.86. The number of ether oxygens (including phenoxy) is 1. The van der Waals surface area contributed by atoms with Crippen LogP contribution < -0.4 is 4.74 Å². The molecule has 0 bridgehead atoms. The Kier molecular flexibility index (Phi) is 2.55. The molecule has 0 aliphatic carbocycles. The van der Waals surface area contributed by atoms with Gasteiger partial charge in [-0.15, -0.1) is 0 Å². The van der Waals surface area contributed by atoms with Crippen LogP contribution in [0.25, 0.3) is 0 Å². The summed E-state index contributed by atoms with van der Waals surface area (Å²) in [7, 11) is 1.32. The summed E-state index contributed by atoms with van der Waals surface area (Å²) in [6.45, 7) is 0. The fourth-order valence-corrected chi connectivity index (χ4v) is 1.18. The summed E-state index contributed by atoms with van der Waals surface area (Å²) in [5, 5.41) is 18.3. The Balaban J connectivity index is 3.42. The Morgan fingerprint density at radius 3 is 2.42 bits per heavy atom. The fraction of sp³-hybridized carbons (Fsp3) is 0.143. The quantitative estimate of drug-likeness (QED) is 0.698. The molecular weight excluding hydrogens is 203 g/mol. The molecule has 0 aromatic heterocycles. The van der Waals surface area contributed by atoms with Gasteiger partial charge in [0.15, 0.2) is 11.5 Å². The average molecular weight is 209 g/mol. The molecule has 0 saturated carbocycles. The molecule has 0 fully saturated rings.